The molecule has 1 aliphatic rings. The van der Waals surface area contributed by atoms with Crippen molar-refractivity contribution < 1.29 is 9.18 Å². The Kier molecular flexibility index (Phi) is 5.23. The van der Waals surface area contributed by atoms with Crippen LogP contribution in [-0.4, -0.2) is 15.5 Å². The molecule has 3 aromatic carbocycles. The van der Waals surface area contributed by atoms with Gasteiger partial charge in [0, 0.05) is 18.4 Å². The molecule has 1 aromatic heterocycles. The van der Waals surface area contributed by atoms with Gasteiger partial charge in [-0.05, 0) is 59.5 Å². The zero-order valence-electron chi connectivity index (χ0n) is 17.8. The first-order valence-electron chi connectivity index (χ1n) is 10.7. The second-order valence-electron chi connectivity index (χ2n) is 8.10. The van der Waals surface area contributed by atoms with Crippen LogP contribution >= 0.6 is 0 Å². The number of benzene rings is 3. The molecule has 32 heavy (non-hydrogen) atoms. The van der Waals surface area contributed by atoms with Gasteiger partial charge >= 0.3 is 6.03 Å². The summed E-state index contributed by atoms with van der Waals surface area (Å²) in [4.78, 5) is 15.5. The molecule has 1 aliphatic heterocycles. The van der Waals surface area contributed by atoms with Gasteiger partial charge in [-0.25, -0.2) is 9.18 Å². The van der Waals surface area contributed by atoms with E-state index in [1.807, 2.05) is 35.2 Å². The third kappa shape index (κ3) is 3.66. The number of amides is 2. The van der Waals surface area contributed by atoms with Crippen LogP contribution in [0.25, 0.3) is 5.69 Å². The van der Waals surface area contributed by atoms with E-state index in [2.05, 4.69) is 53.3 Å². The Morgan fingerprint density at radius 2 is 1.72 bits per heavy atom. The maximum atomic E-state index is 13.6. The highest BCUT2D eigenvalue weighted by Crippen LogP contribution is 2.37. The predicted molar refractivity (Wildman–Crippen MR) is 123 cm³/mol. The number of halogens is 1. The normalized spacial score (nSPS) is 14.9. The molecule has 160 valence electrons. The van der Waals surface area contributed by atoms with Gasteiger partial charge in [0.1, 0.15) is 11.9 Å². The Bertz CT molecular complexity index is 1260. The highest BCUT2D eigenvalue weighted by molar-refractivity contribution is 5.76. The Labute approximate surface area is 186 Å². The van der Waals surface area contributed by atoms with Crippen molar-refractivity contribution in [1.29, 1.82) is 0 Å². The number of aryl methyl sites for hydroxylation is 1. The molecule has 5 heteroatoms. The molecule has 5 rings (SSSR count). The second kappa shape index (κ2) is 8.35. The SMILES string of the molecule is Cc1ccccc1C1c2cccn2-c2ccccc2CN1C(=O)NCc1ccc(F)cc1. The van der Waals surface area contributed by atoms with Crippen LogP contribution in [0.15, 0.2) is 91.1 Å². The molecule has 0 spiro atoms. The van der Waals surface area contributed by atoms with Gasteiger partial charge in [0.25, 0.3) is 0 Å². The number of nitrogens with zero attached hydrogens (tertiary/aromatic N) is 2. The van der Waals surface area contributed by atoms with E-state index in [1.165, 1.54) is 12.1 Å². The van der Waals surface area contributed by atoms with E-state index in [1.54, 1.807) is 12.1 Å². The summed E-state index contributed by atoms with van der Waals surface area (Å²) in [6.45, 7) is 2.89. The topological polar surface area (TPSA) is 37.3 Å². The average Bonchev–Trinajstić information content (AvgIpc) is 3.24. The van der Waals surface area contributed by atoms with Crippen LogP contribution in [0.3, 0.4) is 0 Å². The Morgan fingerprint density at radius 1 is 0.969 bits per heavy atom. The van der Waals surface area contributed by atoms with Crippen molar-refractivity contribution in [1.82, 2.24) is 14.8 Å². The molecular formula is C27H24FN3O. The van der Waals surface area contributed by atoms with Crippen molar-refractivity contribution in [2.24, 2.45) is 0 Å². The molecule has 0 saturated carbocycles. The molecule has 2 amide bonds. The molecule has 0 fully saturated rings. The molecule has 0 bridgehead atoms. The maximum absolute atomic E-state index is 13.6. The lowest BCUT2D eigenvalue weighted by Gasteiger charge is -2.32. The third-order valence-electron chi connectivity index (χ3n) is 6.06. The van der Waals surface area contributed by atoms with Gasteiger partial charge in [0.15, 0.2) is 0 Å². The van der Waals surface area contributed by atoms with Crippen LogP contribution in [0.1, 0.15) is 34.0 Å². The molecule has 1 N–H and O–H groups in total. The second-order valence-corrected chi connectivity index (χ2v) is 8.10. The van der Waals surface area contributed by atoms with Crippen molar-refractivity contribution in [2.75, 3.05) is 0 Å². The average molecular weight is 426 g/mol. The van der Waals surface area contributed by atoms with Gasteiger partial charge in [-0.3, -0.25) is 0 Å². The molecule has 0 aliphatic carbocycles. The zero-order valence-corrected chi connectivity index (χ0v) is 17.8. The van der Waals surface area contributed by atoms with Crippen LogP contribution in [0.2, 0.25) is 0 Å². The van der Waals surface area contributed by atoms with Gasteiger partial charge in [0.05, 0.1) is 12.2 Å². The molecule has 1 unspecified atom stereocenters. The fourth-order valence-electron chi connectivity index (χ4n) is 4.44. The number of nitrogens with one attached hydrogen (secondary N) is 1. The summed E-state index contributed by atoms with van der Waals surface area (Å²) in [5.41, 5.74) is 6.29. The highest BCUT2D eigenvalue weighted by atomic mass is 19.1. The van der Waals surface area contributed by atoms with E-state index in [9.17, 15) is 9.18 Å². The van der Waals surface area contributed by atoms with Crippen LogP contribution in [0, 0.1) is 12.7 Å². The molecule has 1 atom stereocenters. The van der Waals surface area contributed by atoms with Crippen LogP contribution in [-0.2, 0) is 13.1 Å². The van der Waals surface area contributed by atoms with Crippen LogP contribution < -0.4 is 5.32 Å². The lowest BCUT2D eigenvalue weighted by molar-refractivity contribution is 0.180. The summed E-state index contributed by atoms with van der Waals surface area (Å²) in [6.07, 6.45) is 2.05. The fourth-order valence-corrected chi connectivity index (χ4v) is 4.44. The van der Waals surface area contributed by atoms with Gasteiger partial charge in [-0.1, -0.05) is 54.6 Å². The first-order valence-corrected chi connectivity index (χ1v) is 10.7. The van der Waals surface area contributed by atoms with E-state index >= 15 is 0 Å². The van der Waals surface area contributed by atoms with Crippen molar-refractivity contribution in [3.63, 3.8) is 0 Å². The fraction of sp³-hybridized carbons (Fsp3) is 0.148. The summed E-state index contributed by atoms with van der Waals surface area (Å²) in [7, 11) is 0. The maximum Gasteiger partial charge on any atom is 0.318 e. The lowest BCUT2D eigenvalue weighted by atomic mass is 9.97. The van der Waals surface area contributed by atoms with E-state index in [-0.39, 0.29) is 17.9 Å². The van der Waals surface area contributed by atoms with E-state index in [0.717, 1.165) is 33.6 Å². The standard InChI is InChI=1S/C27H24FN3O/c1-19-7-2-4-9-23(19)26-25-11-6-16-30(25)24-10-5-3-8-21(24)18-31(26)27(32)29-17-20-12-14-22(28)15-13-20/h2-16,26H,17-18H2,1H3,(H,29,32). The molecule has 2 heterocycles. The summed E-state index contributed by atoms with van der Waals surface area (Å²) >= 11 is 0. The number of hydrogen-bond donors (Lipinski definition) is 1. The van der Waals surface area contributed by atoms with Crippen molar-refractivity contribution >= 4 is 6.03 Å². The summed E-state index contributed by atoms with van der Waals surface area (Å²) in [6, 6.07) is 26.3. The monoisotopic (exact) mass is 425 g/mol. The number of para-hydroxylation sites is 1. The number of urea groups is 1. The first kappa shape index (κ1) is 20.1. The Balaban J connectivity index is 1.56. The summed E-state index contributed by atoms with van der Waals surface area (Å²) in [5.74, 6) is -0.287. The minimum absolute atomic E-state index is 0.160. The van der Waals surface area contributed by atoms with Gasteiger partial charge < -0.3 is 14.8 Å². The Morgan fingerprint density at radius 3 is 2.53 bits per heavy atom. The minimum Gasteiger partial charge on any atom is -0.334 e. The number of carbonyl (C=O) groups excluding carboxylic acids is 1. The third-order valence-corrected chi connectivity index (χ3v) is 6.06. The number of fused-ring (bicyclic) bond motifs is 3. The molecule has 4 aromatic rings. The van der Waals surface area contributed by atoms with Gasteiger partial charge in [-0.15, -0.1) is 0 Å². The molecule has 4 nitrogen and oxygen atoms in total. The Hall–Kier alpha value is -3.86. The number of rotatable bonds is 3. The van der Waals surface area contributed by atoms with Crippen molar-refractivity contribution in [2.45, 2.75) is 26.1 Å². The number of hydrogen-bond acceptors (Lipinski definition) is 1. The van der Waals surface area contributed by atoms with E-state index in [0.29, 0.717) is 13.1 Å². The first-order chi connectivity index (χ1) is 15.6. The molecule has 0 radical (unpaired) electrons. The summed E-state index contributed by atoms with van der Waals surface area (Å²) in [5, 5.41) is 3.04. The van der Waals surface area contributed by atoms with Crippen molar-refractivity contribution in [3.8, 4) is 5.69 Å². The number of aromatic nitrogens is 1. The molecular weight excluding hydrogens is 401 g/mol. The molecule has 0 saturated heterocycles. The smallest absolute Gasteiger partial charge is 0.318 e. The van der Waals surface area contributed by atoms with Crippen molar-refractivity contribution in [3.05, 3.63) is 125 Å². The van der Waals surface area contributed by atoms with E-state index < -0.39 is 0 Å². The van der Waals surface area contributed by atoms with Crippen LogP contribution in [0.5, 0.6) is 0 Å². The number of carbonyl (C=O) groups is 1. The quantitative estimate of drug-likeness (QED) is 0.447. The largest absolute Gasteiger partial charge is 0.334 e. The predicted octanol–water partition coefficient (Wildman–Crippen LogP) is 5.74. The van der Waals surface area contributed by atoms with Crippen LogP contribution in [0.4, 0.5) is 9.18 Å². The van der Waals surface area contributed by atoms with Gasteiger partial charge in [0.2, 0.25) is 0 Å². The van der Waals surface area contributed by atoms with E-state index in [4.69, 9.17) is 0 Å². The minimum atomic E-state index is -0.287. The lowest BCUT2D eigenvalue weighted by Crippen LogP contribution is -2.41. The zero-order chi connectivity index (χ0) is 22.1. The summed E-state index contributed by atoms with van der Waals surface area (Å²) < 4.78 is 15.4. The highest BCUT2D eigenvalue weighted by Gasteiger charge is 2.33. The van der Waals surface area contributed by atoms with Gasteiger partial charge in [-0.2, -0.15) is 0 Å².